The molecule has 2 aromatic heterocycles. The number of rotatable bonds is 11. The van der Waals surface area contributed by atoms with Crippen LogP contribution in [0.25, 0.3) is 11.5 Å². The van der Waals surface area contributed by atoms with Crippen LogP contribution in [0.2, 0.25) is 0 Å². The van der Waals surface area contributed by atoms with Crippen LogP contribution in [0.15, 0.2) is 45.5 Å². The summed E-state index contributed by atoms with van der Waals surface area (Å²) < 4.78 is 52.2. The van der Waals surface area contributed by atoms with Gasteiger partial charge in [-0.1, -0.05) is 30.1 Å². The first-order valence-electron chi connectivity index (χ1n) is 11.7. The SMILES string of the molecule is CC(C)(C)[S+]([O-])N[C@@H](CCCCCC1(c2ccon2)OCCO1)c1nnc(-c2ccccc2F)o1. The first kappa shape index (κ1) is 25.8. The van der Waals surface area contributed by atoms with Crippen LogP contribution in [0.1, 0.15) is 70.5 Å². The van der Waals surface area contributed by atoms with E-state index < -0.39 is 33.8 Å². The largest absolute Gasteiger partial charge is 0.598 e. The van der Waals surface area contributed by atoms with E-state index in [-0.39, 0.29) is 17.3 Å². The third-order valence-corrected chi connectivity index (χ3v) is 7.34. The molecule has 1 N–H and O–H groups in total. The maximum Gasteiger partial charge on any atom is 0.250 e. The van der Waals surface area contributed by atoms with Gasteiger partial charge >= 0.3 is 0 Å². The first-order chi connectivity index (χ1) is 16.8. The zero-order chi connectivity index (χ0) is 24.9. The van der Waals surface area contributed by atoms with Crippen molar-refractivity contribution in [3.63, 3.8) is 0 Å². The molecule has 1 unspecified atom stereocenters. The quantitative estimate of drug-likeness (QED) is 0.289. The van der Waals surface area contributed by atoms with Gasteiger partial charge in [-0.25, -0.2) is 4.39 Å². The van der Waals surface area contributed by atoms with Crippen molar-refractivity contribution in [2.75, 3.05) is 13.2 Å². The molecule has 1 fully saturated rings. The van der Waals surface area contributed by atoms with Gasteiger partial charge in [-0.05, 0) is 45.7 Å². The van der Waals surface area contributed by atoms with Crippen molar-refractivity contribution in [1.29, 1.82) is 0 Å². The van der Waals surface area contributed by atoms with E-state index in [1.54, 1.807) is 24.3 Å². The molecule has 9 nitrogen and oxygen atoms in total. The summed E-state index contributed by atoms with van der Waals surface area (Å²) in [6.45, 7) is 6.68. The summed E-state index contributed by atoms with van der Waals surface area (Å²) in [5.74, 6) is -0.929. The summed E-state index contributed by atoms with van der Waals surface area (Å²) in [4.78, 5) is 0. The number of unbranched alkanes of at least 4 members (excludes halogenated alkanes) is 2. The normalized spacial score (nSPS) is 17.5. The van der Waals surface area contributed by atoms with Gasteiger partial charge in [0.15, 0.2) is 0 Å². The molecule has 1 aliphatic heterocycles. The second-order valence-corrected chi connectivity index (χ2v) is 11.4. The maximum atomic E-state index is 14.2. The van der Waals surface area contributed by atoms with Gasteiger partial charge in [0.25, 0.3) is 5.89 Å². The Morgan fingerprint density at radius 1 is 1.11 bits per heavy atom. The van der Waals surface area contributed by atoms with E-state index in [1.165, 1.54) is 12.3 Å². The fourth-order valence-corrected chi connectivity index (χ4v) is 4.66. The Hall–Kier alpha value is -2.31. The van der Waals surface area contributed by atoms with Crippen LogP contribution >= 0.6 is 0 Å². The van der Waals surface area contributed by atoms with Gasteiger partial charge in [-0.2, -0.15) is 0 Å². The summed E-state index contributed by atoms with van der Waals surface area (Å²) in [6, 6.07) is 7.55. The number of nitrogens with one attached hydrogen (secondary N) is 1. The molecule has 0 amide bonds. The highest BCUT2D eigenvalue weighted by molar-refractivity contribution is 7.90. The number of benzene rings is 1. The molecule has 190 valence electrons. The molecule has 0 saturated carbocycles. The molecular formula is C24H31FN4O5S. The van der Waals surface area contributed by atoms with Gasteiger partial charge in [0.1, 0.15) is 28.6 Å². The van der Waals surface area contributed by atoms with Gasteiger partial charge in [-0.3, -0.25) is 0 Å². The summed E-state index contributed by atoms with van der Waals surface area (Å²) >= 11 is -1.35. The minimum atomic E-state index is -1.35. The monoisotopic (exact) mass is 506 g/mol. The number of ether oxygens (including phenoxy) is 2. The molecule has 3 heterocycles. The molecule has 4 rings (SSSR count). The minimum Gasteiger partial charge on any atom is -0.598 e. The van der Waals surface area contributed by atoms with E-state index in [0.717, 1.165) is 19.3 Å². The molecule has 1 aromatic carbocycles. The highest BCUT2D eigenvalue weighted by Gasteiger charge is 2.40. The molecule has 11 heteroatoms. The summed E-state index contributed by atoms with van der Waals surface area (Å²) in [6.07, 6.45) is 5.25. The molecule has 2 atom stereocenters. The van der Waals surface area contributed by atoms with Crippen LogP contribution in [0.4, 0.5) is 4.39 Å². The predicted molar refractivity (Wildman–Crippen MR) is 127 cm³/mol. The zero-order valence-electron chi connectivity index (χ0n) is 20.2. The Morgan fingerprint density at radius 2 is 1.89 bits per heavy atom. The standard InChI is InChI=1S/C24H31FN4O5S/c1-23(2,3)35(30)29-19(22-27-26-21(34-22)17-9-6-7-10-18(17)25)11-5-4-8-13-24(31-15-16-32-24)20-12-14-33-28-20/h6-7,9-10,12,14,19,29H,4-5,8,11,13,15-16H2,1-3H3/t19-,35?/m0/s1. The number of hydrogen-bond acceptors (Lipinski definition) is 9. The van der Waals surface area contributed by atoms with Crippen LogP contribution in [0.3, 0.4) is 0 Å². The van der Waals surface area contributed by atoms with Crippen molar-refractivity contribution in [1.82, 2.24) is 20.1 Å². The van der Waals surface area contributed by atoms with Crippen molar-refractivity contribution < 1.29 is 27.4 Å². The molecule has 0 radical (unpaired) electrons. The van der Waals surface area contributed by atoms with E-state index >= 15 is 0 Å². The number of nitrogens with zero attached hydrogens (tertiary/aromatic N) is 3. The second kappa shape index (κ2) is 11.2. The third-order valence-electron chi connectivity index (χ3n) is 5.73. The van der Waals surface area contributed by atoms with Crippen LogP contribution in [-0.2, 0) is 26.6 Å². The first-order valence-corrected chi connectivity index (χ1v) is 12.9. The van der Waals surface area contributed by atoms with Gasteiger partial charge in [0.05, 0.1) is 18.8 Å². The second-order valence-electron chi connectivity index (χ2n) is 9.41. The van der Waals surface area contributed by atoms with Crippen molar-refractivity contribution in [2.45, 2.75) is 69.5 Å². The number of aromatic nitrogens is 3. The maximum absolute atomic E-state index is 14.2. The van der Waals surface area contributed by atoms with Gasteiger partial charge in [0.2, 0.25) is 11.7 Å². The molecular weight excluding hydrogens is 475 g/mol. The highest BCUT2D eigenvalue weighted by Crippen LogP contribution is 2.36. The summed E-state index contributed by atoms with van der Waals surface area (Å²) in [7, 11) is 0. The Labute approximate surface area is 207 Å². The lowest BCUT2D eigenvalue weighted by Gasteiger charge is -2.27. The van der Waals surface area contributed by atoms with Gasteiger partial charge in [-0.15, -0.1) is 14.9 Å². The molecule has 1 aliphatic rings. The van der Waals surface area contributed by atoms with Crippen LogP contribution < -0.4 is 4.72 Å². The lowest BCUT2D eigenvalue weighted by Crippen LogP contribution is -2.41. The smallest absolute Gasteiger partial charge is 0.250 e. The fourth-order valence-electron chi connectivity index (χ4n) is 3.82. The van der Waals surface area contributed by atoms with Crippen molar-refractivity contribution in [3.8, 4) is 11.5 Å². The summed E-state index contributed by atoms with van der Waals surface area (Å²) in [5.41, 5.74) is 0.873. The third kappa shape index (κ3) is 6.28. The average Bonchev–Trinajstić information content (AvgIpc) is 3.60. The molecule has 0 aliphatic carbocycles. The molecule has 3 aromatic rings. The lowest BCUT2D eigenvalue weighted by molar-refractivity contribution is -0.175. The zero-order valence-corrected chi connectivity index (χ0v) is 21.0. The van der Waals surface area contributed by atoms with E-state index in [2.05, 4.69) is 20.1 Å². The van der Waals surface area contributed by atoms with Crippen LogP contribution in [0.5, 0.6) is 0 Å². The average molecular weight is 507 g/mol. The van der Waals surface area contributed by atoms with Crippen LogP contribution in [-0.4, -0.2) is 37.9 Å². The van der Waals surface area contributed by atoms with E-state index in [9.17, 15) is 8.94 Å². The highest BCUT2D eigenvalue weighted by atomic mass is 32.2. The van der Waals surface area contributed by atoms with Crippen molar-refractivity contribution in [3.05, 3.63) is 54.0 Å². The molecule has 1 saturated heterocycles. The van der Waals surface area contributed by atoms with Crippen molar-refractivity contribution in [2.24, 2.45) is 0 Å². The molecule has 0 bridgehead atoms. The Bertz CT molecular complexity index is 1070. The molecule has 35 heavy (non-hydrogen) atoms. The van der Waals surface area contributed by atoms with Gasteiger partial charge < -0.3 is 23.0 Å². The van der Waals surface area contributed by atoms with E-state index in [0.29, 0.717) is 31.7 Å². The Kier molecular flexibility index (Phi) is 8.23. The van der Waals surface area contributed by atoms with E-state index in [4.69, 9.17) is 18.4 Å². The number of halogens is 1. The topological polar surface area (TPSA) is 118 Å². The van der Waals surface area contributed by atoms with Gasteiger partial charge in [0, 0.05) is 23.8 Å². The minimum absolute atomic E-state index is 0.0940. The Balaban J connectivity index is 1.39. The van der Waals surface area contributed by atoms with E-state index in [1.807, 2.05) is 20.8 Å². The number of hydrogen-bond donors (Lipinski definition) is 1. The molecule has 0 spiro atoms. The predicted octanol–water partition coefficient (Wildman–Crippen LogP) is 4.81. The van der Waals surface area contributed by atoms with Crippen molar-refractivity contribution >= 4 is 11.4 Å². The Morgan fingerprint density at radius 3 is 2.57 bits per heavy atom. The summed E-state index contributed by atoms with van der Waals surface area (Å²) in [5, 5.41) is 12.2. The van der Waals surface area contributed by atoms with Crippen LogP contribution in [0, 0.1) is 5.82 Å². The fraction of sp³-hybridized carbons (Fsp3) is 0.542. The lowest BCUT2D eigenvalue weighted by atomic mass is 10.0.